The normalized spacial score (nSPS) is 10.9. The van der Waals surface area contributed by atoms with Crippen LogP contribution in [0.1, 0.15) is 18.1 Å². The van der Waals surface area contributed by atoms with Crippen LogP contribution in [0.4, 0.5) is 0 Å². The van der Waals surface area contributed by atoms with Crippen molar-refractivity contribution in [2.75, 3.05) is 6.61 Å². The Hall–Kier alpha value is -3.88. The number of ether oxygens (including phenoxy) is 2. The van der Waals surface area contributed by atoms with Gasteiger partial charge in [0.1, 0.15) is 18.0 Å². The van der Waals surface area contributed by atoms with Crippen molar-refractivity contribution < 1.29 is 9.47 Å². The molecule has 4 aromatic rings. The summed E-state index contributed by atoms with van der Waals surface area (Å²) >= 11 is 0. The molecule has 4 rings (SSSR count). The van der Waals surface area contributed by atoms with Crippen LogP contribution in [0.25, 0.3) is 11.4 Å². The molecule has 0 aliphatic rings. The summed E-state index contributed by atoms with van der Waals surface area (Å²) in [4.78, 5) is 12.3. The van der Waals surface area contributed by atoms with Crippen LogP contribution < -0.4 is 15.2 Å². The number of hydrogen-bond donors (Lipinski definition) is 0. The highest BCUT2D eigenvalue weighted by molar-refractivity contribution is 5.46. The van der Waals surface area contributed by atoms with Crippen molar-refractivity contribution >= 4 is 0 Å². The Labute approximate surface area is 173 Å². The second-order valence-corrected chi connectivity index (χ2v) is 6.66. The number of benzene rings is 2. The molecule has 2 aromatic carbocycles. The van der Waals surface area contributed by atoms with Gasteiger partial charge in [-0.15, -0.1) is 5.10 Å². The molecule has 0 bridgehead atoms. The predicted octanol–water partition coefficient (Wildman–Crippen LogP) is 2.44. The molecule has 9 nitrogen and oxygen atoms in total. The van der Waals surface area contributed by atoms with E-state index in [9.17, 15) is 4.79 Å². The zero-order chi connectivity index (χ0) is 21.1. The van der Waals surface area contributed by atoms with E-state index in [-0.39, 0.29) is 12.3 Å². The molecule has 0 saturated heterocycles. The van der Waals surface area contributed by atoms with Gasteiger partial charge >= 0.3 is 5.69 Å². The first-order valence-electron chi connectivity index (χ1n) is 9.57. The van der Waals surface area contributed by atoms with E-state index >= 15 is 0 Å². The van der Waals surface area contributed by atoms with E-state index in [1.807, 2.05) is 62.5 Å². The first-order chi connectivity index (χ1) is 14.6. The monoisotopic (exact) mass is 406 g/mol. The molecule has 9 heteroatoms. The lowest BCUT2D eigenvalue weighted by molar-refractivity contribution is 0.290. The molecule has 0 radical (unpaired) electrons. The van der Waals surface area contributed by atoms with Crippen molar-refractivity contribution in [1.29, 1.82) is 0 Å². The Balaban J connectivity index is 1.59. The molecule has 0 aliphatic heterocycles. The van der Waals surface area contributed by atoms with Gasteiger partial charge in [0.2, 0.25) is 5.88 Å². The Morgan fingerprint density at radius 2 is 1.77 bits per heavy atom. The molecule has 154 valence electrons. The summed E-state index contributed by atoms with van der Waals surface area (Å²) in [6, 6.07) is 15.1. The van der Waals surface area contributed by atoms with Crippen LogP contribution in [0.5, 0.6) is 11.6 Å². The number of tetrazole rings is 1. The van der Waals surface area contributed by atoms with Crippen LogP contribution in [0.2, 0.25) is 0 Å². The molecular weight excluding hydrogens is 384 g/mol. The smallest absolute Gasteiger partial charge is 0.368 e. The van der Waals surface area contributed by atoms with Crippen LogP contribution in [0.3, 0.4) is 0 Å². The van der Waals surface area contributed by atoms with E-state index in [0.29, 0.717) is 18.2 Å². The summed E-state index contributed by atoms with van der Waals surface area (Å²) in [6.07, 6.45) is 1.82. The molecule has 0 aliphatic carbocycles. The zero-order valence-corrected chi connectivity index (χ0v) is 17.0. The Bertz CT molecular complexity index is 1220. The fourth-order valence-electron chi connectivity index (χ4n) is 3.13. The quantitative estimate of drug-likeness (QED) is 0.468. The van der Waals surface area contributed by atoms with Crippen molar-refractivity contribution in [3.63, 3.8) is 0 Å². The van der Waals surface area contributed by atoms with Crippen molar-refractivity contribution in [2.45, 2.75) is 20.5 Å². The van der Waals surface area contributed by atoms with Gasteiger partial charge < -0.3 is 9.47 Å². The minimum absolute atomic E-state index is 0.231. The minimum atomic E-state index is -0.321. The zero-order valence-electron chi connectivity index (χ0n) is 17.0. The van der Waals surface area contributed by atoms with Crippen molar-refractivity contribution in [3.05, 3.63) is 76.3 Å². The van der Waals surface area contributed by atoms with Crippen LogP contribution in [0, 0.1) is 6.92 Å². The highest BCUT2D eigenvalue weighted by Crippen LogP contribution is 2.24. The maximum Gasteiger partial charge on any atom is 0.368 e. The summed E-state index contributed by atoms with van der Waals surface area (Å²) in [7, 11) is 1.56. The maximum atomic E-state index is 12.3. The molecule has 2 aromatic heterocycles. The predicted molar refractivity (Wildman–Crippen MR) is 110 cm³/mol. The molecule has 2 heterocycles. The Morgan fingerprint density at radius 1 is 0.967 bits per heavy atom. The van der Waals surface area contributed by atoms with Crippen LogP contribution >= 0.6 is 0 Å². The molecule has 0 fully saturated rings. The number of rotatable bonds is 7. The topological polar surface area (TPSA) is 89.0 Å². The third kappa shape index (κ3) is 3.69. The van der Waals surface area contributed by atoms with Crippen LogP contribution in [-0.4, -0.2) is 36.2 Å². The maximum absolute atomic E-state index is 12.3. The highest BCUT2D eigenvalue weighted by atomic mass is 16.5. The lowest BCUT2D eigenvalue weighted by Gasteiger charge is -2.12. The molecule has 0 saturated carbocycles. The van der Waals surface area contributed by atoms with Gasteiger partial charge in [0.05, 0.1) is 12.3 Å². The summed E-state index contributed by atoms with van der Waals surface area (Å²) in [6.45, 7) is 4.70. The summed E-state index contributed by atoms with van der Waals surface area (Å²) < 4.78 is 15.8. The molecular formula is C21H22N6O3. The average molecular weight is 406 g/mol. The van der Waals surface area contributed by atoms with E-state index in [1.54, 1.807) is 17.8 Å². The Kier molecular flexibility index (Phi) is 5.34. The largest absolute Gasteiger partial charge is 0.492 e. The minimum Gasteiger partial charge on any atom is -0.492 e. The highest BCUT2D eigenvalue weighted by Gasteiger charge is 2.14. The average Bonchev–Trinajstić information content (AvgIpc) is 3.35. The standard InChI is InChI=1S/C21H22N6O3/c1-4-29-19-11-6-5-9-18(19)26-13-12-20(22-26)30-14-16-15(2)8-7-10-17(16)27-21(28)25(3)23-24-27/h5-13H,4,14H2,1-3H3. The lowest BCUT2D eigenvalue weighted by atomic mass is 10.1. The first-order valence-corrected chi connectivity index (χ1v) is 9.57. The number of hydrogen-bond acceptors (Lipinski definition) is 6. The van der Waals surface area contributed by atoms with Crippen molar-refractivity contribution in [3.8, 4) is 23.0 Å². The van der Waals surface area contributed by atoms with Gasteiger partial charge in [-0.25, -0.2) is 9.48 Å². The van der Waals surface area contributed by atoms with Crippen LogP contribution in [0.15, 0.2) is 59.5 Å². The van der Waals surface area contributed by atoms with Crippen molar-refractivity contribution in [1.82, 2.24) is 29.6 Å². The number of nitrogens with zero attached hydrogens (tertiary/aromatic N) is 6. The molecule has 30 heavy (non-hydrogen) atoms. The van der Waals surface area contributed by atoms with Gasteiger partial charge in [-0.3, -0.25) is 0 Å². The van der Waals surface area contributed by atoms with Gasteiger partial charge in [-0.05, 0) is 48.0 Å². The van der Waals surface area contributed by atoms with Gasteiger partial charge in [-0.1, -0.05) is 24.3 Å². The first kappa shape index (κ1) is 19.4. The van der Waals surface area contributed by atoms with Crippen LogP contribution in [-0.2, 0) is 13.7 Å². The Morgan fingerprint density at radius 3 is 2.53 bits per heavy atom. The molecule has 0 spiro atoms. The molecule has 0 unspecified atom stereocenters. The van der Waals surface area contributed by atoms with E-state index in [1.165, 1.54) is 9.36 Å². The van der Waals surface area contributed by atoms with Gasteiger partial charge in [0, 0.05) is 24.9 Å². The third-order valence-electron chi connectivity index (χ3n) is 4.68. The molecule has 0 amide bonds. The fraction of sp³-hybridized carbons (Fsp3) is 0.238. The lowest BCUT2D eigenvalue weighted by Crippen LogP contribution is -2.23. The van der Waals surface area contributed by atoms with Gasteiger partial charge in [-0.2, -0.15) is 9.36 Å². The second kappa shape index (κ2) is 8.24. The summed E-state index contributed by atoms with van der Waals surface area (Å²) in [5.41, 5.74) is 2.96. The van der Waals surface area contributed by atoms with Gasteiger partial charge in [0.15, 0.2) is 0 Å². The van der Waals surface area contributed by atoms with E-state index in [4.69, 9.17) is 9.47 Å². The fourth-order valence-corrected chi connectivity index (χ4v) is 3.13. The van der Waals surface area contributed by atoms with Gasteiger partial charge in [0.25, 0.3) is 0 Å². The number of aromatic nitrogens is 6. The van der Waals surface area contributed by atoms with E-state index < -0.39 is 0 Å². The number of aryl methyl sites for hydroxylation is 2. The third-order valence-corrected chi connectivity index (χ3v) is 4.68. The summed E-state index contributed by atoms with van der Waals surface area (Å²) in [5, 5.41) is 12.2. The van der Waals surface area contributed by atoms with E-state index in [2.05, 4.69) is 15.5 Å². The van der Waals surface area contributed by atoms with E-state index in [0.717, 1.165) is 22.6 Å². The SMILES string of the molecule is CCOc1ccccc1-n1ccc(OCc2c(C)cccc2-n2nnn(C)c2=O)n1. The molecule has 0 N–H and O–H groups in total. The van der Waals surface area contributed by atoms with Crippen molar-refractivity contribution in [2.24, 2.45) is 7.05 Å². The second-order valence-electron chi connectivity index (χ2n) is 6.66. The number of para-hydroxylation sites is 2. The molecule has 0 atom stereocenters. The summed E-state index contributed by atoms with van der Waals surface area (Å²) in [5.74, 6) is 1.21.